The molecule has 1 aromatic carbocycles. The Morgan fingerprint density at radius 3 is 2.50 bits per heavy atom. The van der Waals surface area contributed by atoms with Gasteiger partial charge in [0.05, 0.1) is 6.42 Å². The summed E-state index contributed by atoms with van der Waals surface area (Å²) in [5.41, 5.74) is 5.55. The highest BCUT2D eigenvalue weighted by atomic mass is 16.4. The molecule has 0 aliphatic heterocycles. The first-order valence-corrected chi connectivity index (χ1v) is 6.95. The number of benzene rings is 1. The van der Waals surface area contributed by atoms with Gasteiger partial charge in [0.25, 0.3) is 0 Å². The van der Waals surface area contributed by atoms with E-state index in [2.05, 4.69) is 19.1 Å². The Kier molecular flexibility index (Phi) is 2.69. The van der Waals surface area contributed by atoms with E-state index in [4.69, 9.17) is 5.11 Å². The highest BCUT2D eigenvalue weighted by Crippen LogP contribution is 2.43. The van der Waals surface area contributed by atoms with Crippen molar-refractivity contribution in [2.45, 2.75) is 57.3 Å². The minimum atomic E-state index is -0.678. The van der Waals surface area contributed by atoms with E-state index in [1.54, 1.807) is 0 Å². The number of fused-ring (bicyclic) bond motifs is 2. The zero-order chi connectivity index (χ0) is 12.8. The summed E-state index contributed by atoms with van der Waals surface area (Å²) in [6.45, 7) is 2.11. The first-order valence-electron chi connectivity index (χ1n) is 6.95. The lowest BCUT2D eigenvalue weighted by atomic mass is 9.78. The summed E-state index contributed by atoms with van der Waals surface area (Å²) in [6, 6.07) is 4.68. The largest absolute Gasteiger partial charge is 0.481 e. The Morgan fingerprint density at radius 2 is 1.83 bits per heavy atom. The second kappa shape index (κ2) is 4.11. The van der Waals surface area contributed by atoms with Crippen LogP contribution in [-0.4, -0.2) is 11.1 Å². The van der Waals surface area contributed by atoms with Crippen molar-refractivity contribution in [3.05, 3.63) is 34.4 Å². The van der Waals surface area contributed by atoms with Gasteiger partial charge in [-0.2, -0.15) is 0 Å². The van der Waals surface area contributed by atoms with E-state index in [0.717, 1.165) is 12.8 Å². The van der Waals surface area contributed by atoms with Crippen molar-refractivity contribution < 1.29 is 9.90 Å². The van der Waals surface area contributed by atoms with Crippen molar-refractivity contribution in [1.82, 2.24) is 0 Å². The fraction of sp³-hybridized carbons (Fsp3) is 0.562. The van der Waals surface area contributed by atoms with E-state index < -0.39 is 5.97 Å². The van der Waals surface area contributed by atoms with E-state index in [1.165, 1.54) is 47.9 Å². The smallest absolute Gasteiger partial charge is 0.304 e. The summed E-state index contributed by atoms with van der Waals surface area (Å²) in [5.74, 6) is -0.678. The monoisotopic (exact) mass is 244 g/mol. The van der Waals surface area contributed by atoms with Gasteiger partial charge in [-0.25, -0.2) is 0 Å². The Balaban J connectivity index is 2.03. The molecule has 1 N–H and O–H groups in total. The van der Waals surface area contributed by atoms with Crippen LogP contribution in [0.4, 0.5) is 0 Å². The van der Waals surface area contributed by atoms with E-state index in [-0.39, 0.29) is 11.8 Å². The molecule has 1 aromatic rings. The molecular formula is C16H20O2. The molecule has 0 saturated carbocycles. The first-order chi connectivity index (χ1) is 8.58. The topological polar surface area (TPSA) is 37.3 Å². The van der Waals surface area contributed by atoms with Gasteiger partial charge >= 0.3 is 5.97 Å². The molecule has 1 atom stereocenters. The Morgan fingerprint density at radius 1 is 1.17 bits per heavy atom. The van der Waals surface area contributed by atoms with Gasteiger partial charge in [0.2, 0.25) is 0 Å². The molecule has 0 amide bonds. The van der Waals surface area contributed by atoms with Crippen LogP contribution in [0.1, 0.15) is 54.9 Å². The summed E-state index contributed by atoms with van der Waals surface area (Å²) in [5, 5.41) is 9.10. The third-order valence-electron chi connectivity index (χ3n) is 4.71. The van der Waals surface area contributed by atoms with Gasteiger partial charge in [-0.15, -0.1) is 0 Å². The van der Waals surface area contributed by atoms with Crippen LogP contribution in [0.25, 0.3) is 0 Å². The molecule has 0 bridgehead atoms. The zero-order valence-electron chi connectivity index (χ0n) is 11.0. The lowest BCUT2D eigenvalue weighted by Crippen LogP contribution is -2.23. The van der Waals surface area contributed by atoms with Crippen molar-refractivity contribution >= 4 is 5.97 Å². The minimum Gasteiger partial charge on any atom is -0.481 e. The van der Waals surface area contributed by atoms with Crippen LogP contribution in [0.2, 0.25) is 0 Å². The summed E-state index contributed by atoms with van der Waals surface area (Å²) >= 11 is 0. The van der Waals surface area contributed by atoms with Crippen LogP contribution >= 0.6 is 0 Å². The molecule has 0 heterocycles. The molecule has 0 fully saturated rings. The maximum atomic E-state index is 11.1. The maximum Gasteiger partial charge on any atom is 0.304 e. The molecule has 2 aliphatic carbocycles. The maximum absolute atomic E-state index is 11.1. The fourth-order valence-corrected chi connectivity index (χ4v) is 3.67. The molecule has 18 heavy (non-hydrogen) atoms. The molecule has 2 nitrogen and oxygen atoms in total. The average Bonchev–Trinajstić information content (AvgIpc) is 2.63. The van der Waals surface area contributed by atoms with Gasteiger partial charge in [0.15, 0.2) is 0 Å². The molecule has 3 rings (SSSR count). The molecule has 96 valence electrons. The number of hydrogen-bond donors (Lipinski definition) is 1. The van der Waals surface area contributed by atoms with Crippen LogP contribution in [0, 0.1) is 0 Å². The van der Waals surface area contributed by atoms with Crippen molar-refractivity contribution in [3.8, 4) is 0 Å². The van der Waals surface area contributed by atoms with Gasteiger partial charge in [-0.1, -0.05) is 19.1 Å². The van der Waals surface area contributed by atoms with Crippen LogP contribution in [0.3, 0.4) is 0 Å². The summed E-state index contributed by atoms with van der Waals surface area (Å²) < 4.78 is 0. The number of carboxylic acid groups (broad SMARTS) is 1. The van der Waals surface area contributed by atoms with Crippen molar-refractivity contribution in [2.75, 3.05) is 0 Å². The van der Waals surface area contributed by atoms with Crippen molar-refractivity contribution in [2.24, 2.45) is 0 Å². The zero-order valence-corrected chi connectivity index (χ0v) is 11.0. The number of carboxylic acids is 1. The van der Waals surface area contributed by atoms with Crippen LogP contribution in [-0.2, 0) is 29.5 Å². The third kappa shape index (κ3) is 1.84. The van der Waals surface area contributed by atoms with Gasteiger partial charge in [0.1, 0.15) is 0 Å². The molecule has 0 aromatic heterocycles. The highest BCUT2D eigenvalue weighted by Gasteiger charge is 2.37. The summed E-state index contributed by atoms with van der Waals surface area (Å²) in [4.78, 5) is 11.1. The number of carbonyl (C=O) groups is 1. The van der Waals surface area contributed by atoms with Crippen molar-refractivity contribution in [1.29, 1.82) is 0 Å². The SMILES string of the molecule is CC1(CC(=O)O)CCc2cc3c(cc21)CCCC3. The number of rotatable bonds is 2. The number of aryl methyl sites for hydroxylation is 3. The second-order valence-corrected chi connectivity index (χ2v) is 6.12. The minimum absolute atomic E-state index is 0.145. The normalized spacial score (nSPS) is 25.6. The fourth-order valence-electron chi connectivity index (χ4n) is 3.67. The quantitative estimate of drug-likeness (QED) is 0.867. The summed E-state index contributed by atoms with van der Waals surface area (Å²) in [6.07, 6.45) is 7.26. The van der Waals surface area contributed by atoms with Gasteiger partial charge in [0, 0.05) is 5.41 Å². The first kappa shape index (κ1) is 11.8. The van der Waals surface area contributed by atoms with E-state index >= 15 is 0 Å². The van der Waals surface area contributed by atoms with Gasteiger partial charge in [-0.05, 0) is 60.8 Å². The van der Waals surface area contributed by atoms with Crippen LogP contribution in [0.15, 0.2) is 12.1 Å². The Hall–Kier alpha value is -1.31. The Labute approximate surface area is 108 Å². The molecule has 2 aliphatic rings. The van der Waals surface area contributed by atoms with Crippen LogP contribution < -0.4 is 0 Å². The molecule has 0 saturated heterocycles. The lowest BCUT2D eigenvalue weighted by Gasteiger charge is -2.25. The van der Waals surface area contributed by atoms with Gasteiger partial charge < -0.3 is 5.11 Å². The van der Waals surface area contributed by atoms with Crippen molar-refractivity contribution in [3.63, 3.8) is 0 Å². The van der Waals surface area contributed by atoms with Gasteiger partial charge in [-0.3, -0.25) is 4.79 Å². The lowest BCUT2D eigenvalue weighted by molar-refractivity contribution is -0.138. The number of hydrogen-bond acceptors (Lipinski definition) is 1. The average molecular weight is 244 g/mol. The molecule has 0 spiro atoms. The second-order valence-electron chi connectivity index (χ2n) is 6.12. The standard InChI is InChI=1S/C16H20O2/c1-16(10-15(17)18)7-6-13-8-11-4-2-3-5-12(11)9-14(13)16/h8-9H,2-7,10H2,1H3,(H,17,18). The molecule has 2 heteroatoms. The predicted octanol–water partition coefficient (Wildman–Crippen LogP) is 3.24. The molecule has 0 radical (unpaired) electrons. The number of aliphatic carboxylic acids is 1. The van der Waals surface area contributed by atoms with E-state index in [1.807, 2.05) is 0 Å². The van der Waals surface area contributed by atoms with E-state index in [0.29, 0.717) is 0 Å². The summed E-state index contributed by atoms with van der Waals surface area (Å²) in [7, 11) is 0. The molecule has 1 unspecified atom stereocenters. The Bertz CT molecular complexity index is 504. The third-order valence-corrected chi connectivity index (χ3v) is 4.71. The molecular weight excluding hydrogens is 224 g/mol. The van der Waals surface area contributed by atoms with Crippen LogP contribution in [0.5, 0.6) is 0 Å². The van der Waals surface area contributed by atoms with E-state index in [9.17, 15) is 4.79 Å². The highest BCUT2D eigenvalue weighted by molar-refractivity contribution is 5.69. The predicted molar refractivity (Wildman–Crippen MR) is 71.0 cm³/mol.